The monoisotopic (exact) mass is 301 g/mol. The van der Waals surface area contributed by atoms with Crippen molar-refractivity contribution >= 4 is 5.91 Å². The minimum Gasteiger partial charge on any atom is -0.351 e. The van der Waals surface area contributed by atoms with E-state index in [4.69, 9.17) is 0 Å². The average Bonchev–Trinajstić information content (AvgIpc) is 2.96. The van der Waals surface area contributed by atoms with Gasteiger partial charge in [-0.05, 0) is 37.9 Å². The standard InChI is InChI=1S/C18H27N3O/c22-18(15-20-10-5-2-6-11-20)19-17-9-12-21(14-17)13-16-7-3-1-4-8-16/h1,3-4,7-8,17H,2,5-6,9-15H2,(H,19,22)/t17-/m1/s1. The van der Waals surface area contributed by atoms with E-state index in [1.807, 2.05) is 0 Å². The Bertz CT molecular complexity index is 470. The molecule has 3 rings (SSSR count). The van der Waals surface area contributed by atoms with Crippen LogP contribution >= 0.6 is 0 Å². The van der Waals surface area contributed by atoms with Crippen LogP contribution in [0.15, 0.2) is 30.3 Å². The van der Waals surface area contributed by atoms with Crippen molar-refractivity contribution in [3.05, 3.63) is 35.9 Å². The molecule has 120 valence electrons. The minimum absolute atomic E-state index is 0.202. The fourth-order valence-corrected chi connectivity index (χ4v) is 3.53. The third-order valence-corrected chi connectivity index (χ3v) is 4.70. The van der Waals surface area contributed by atoms with E-state index in [0.29, 0.717) is 12.6 Å². The quantitative estimate of drug-likeness (QED) is 0.902. The third kappa shape index (κ3) is 4.55. The summed E-state index contributed by atoms with van der Waals surface area (Å²) in [6, 6.07) is 10.9. The van der Waals surface area contributed by atoms with Crippen LogP contribution in [0, 0.1) is 0 Å². The lowest BCUT2D eigenvalue weighted by molar-refractivity contribution is -0.123. The number of carbonyl (C=O) groups is 1. The first-order valence-electron chi connectivity index (χ1n) is 8.57. The Labute approximate surface area is 133 Å². The molecule has 2 fully saturated rings. The molecule has 4 nitrogen and oxygen atoms in total. The van der Waals surface area contributed by atoms with Crippen LogP contribution in [0.1, 0.15) is 31.2 Å². The summed E-state index contributed by atoms with van der Waals surface area (Å²) in [7, 11) is 0. The van der Waals surface area contributed by atoms with Crippen LogP contribution in [0.5, 0.6) is 0 Å². The highest BCUT2D eigenvalue weighted by Crippen LogP contribution is 2.14. The van der Waals surface area contributed by atoms with Gasteiger partial charge >= 0.3 is 0 Å². The summed E-state index contributed by atoms with van der Waals surface area (Å²) in [6.45, 7) is 5.77. The van der Waals surface area contributed by atoms with E-state index in [-0.39, 0.29) is 5.91 Å². The second-order valence-corrected chi connectivity index (χ2v) is 6.61. The molecule has 2 heterocycles. The van der Waals surface area contributed by atoms with Gasteiger partial charge in [0.05, 0.1) is 6.54 Å². The van der Waals surface area contributed by atoms with Crippen LogP contribution in [0.3, 0.4) is 0 Å². The number of hydrogen-bond donors (Lipinski definition) is 1. The maximum atomic E-state index is 12.2. The molecule has 2 saturated heterocycles. The molecule has 2 aliphatic rings. The zero-order valence-electron chi connectivity index (χ0n) is 13.3. The lowest BCUT2D eigenvalue weighted by Crippen LogP contribution is -2.44. The van der Waals surface area contributed by atoms with Crippen molar-refractivity contribution in [2.24, 2.45) is 0 Å². The number of amides is 1. The number of carbonyl (C=O) groups excluding carboxylic acids is 1. The Hall–Kier alpha value is -1.39. The van der Waals surface area contributed by atoms with E-state index >= 15 is 0 Å². The van der Waals surface area contributed by atoms with E-state index in [0.717, 1.165) is 39.1 Å². The van der Waals surface area contributed by atoms with Gasteiger partial charge in [0.1, 0.15) is 0 Å². The number of piperidine rings is 1. The summed E-state index contributed by atoms with van der Waals surface area (Å²) in [6.07, 6.45) is 4.86. The molecule has 0 bridgehead atoms. The van der Waals surface area contributed by atoms with Gasteiger partial charge in [-0.1, -0.05) is 36.8 Å². The van der Waals surface area contributed by atoms with Crippen molar-refractivity contribution in [3.63, 3.8) is 0 Å². The zero-order chi connectivity index (χ0) is 15.2. The zero-order valence-corrected chi connectivity index (χ0v) is 13.3. The minimum atomic E-state index is 0.202. The maximum absolute atomic E-state index is 12.2. The number of benzene rings is 1. The van der Waals surface area contributed by atoms with E-state index < -0.39 is 0 Å². The molecule has 1 atom stereocenters. The molecule has 0 aromatic heterocycles. The van der Waals surface area contributed by atoms with E-state index in [1.54, 1.807) is 0 Å². The summed E-state index contributed by atoms with van der Waals surface area (Å²) < 4.78 is 0. The molecule has 22 heavy (non-hydrogen) atoms. The van der Waals surface area contributed by atoms with Gasteiger partial charge in [-0.15, -0.1) is 0 Å². The number of nitrogens with zero attached hydrogens (tertiary/aromatic N) is 2. The van der Waals surface area contributed by atoms with Gasteiger partial charge in [-0.25, -0.2) is 0 Å². The van der Waals surface area contributed by atoms with Gasteiger partial charge in [0.2, 0.25) is 5.91 Å². The van der Waals surface area contributed by atoms with Crippen molar-refractivity contribution in [2.75, 3.05) is 32.7 Å². The van der Waals surface area contributed by atoms with Gasteiger partial charge < -0.3 is 5.32 Å². The highest BCUT2D eigenvalue weighted by molar-refractivity contribution is 5.78. The fourth-order valence-electron chi connectivity index (χ4n) is 3.53. The molecule has 1 N–H and O–H groups in total. The molecule has 1 aromatic carbocycles. The van der Waals surface area contributed by atoms with E-state index in [2.05, 4.69) is 45.4 Å². The molecule has 0 saturated carbocycles. The number of rotatable bonds is 5. The molecule has 1 amide bonds. The summed E-state index contributed by atoms with van der Waals surface area (Å²) in [4.78, 5) is 16.9. The Kier molecular flexibility index (Phi) is 5.46. The Morgan fingerprint density at radius 2 is 1.82 bits per heavy atom. The van der Waals surface area contributed by atoms with Crippen LogP contribution in [0.2, 0.25) is 0 Å². The number of hydrogen-bond acceptors (Lipinski definition) is 3. The van der Waals surface area contributed by atoms with Crippen molar-refractivity contribution in [1.29, 1.82) is 0 Å². The molecular weight excluding hydrogens is 274 g/mol. The molecule has 2 aliphatic heterocycles. The second-order valence-electron chi connectivity index (χ2n) is 6.61. The van der Waals surface area contributed by atoms with Gasteiger partial charge in [0.15, 0.2) is 0 Å². The first-order valence-corrected chi connectivity index (χ1v) is 8.57. The van der Waals surface area contributed by atoms with Crippen LogP contribution < -0.4 is 5.32 Å². The van der Waals surface area contributed by atoms with Crippen LogP contribution in [0.25, 0.3) is 0 Å². The molecule has 0 aliphatic carbocycles. The van der Waals surface area contributed by atoms with Gasteiger partial charge in [-0.3, -0.25) is 14.6 Å². The highest BCUT2D eigenvalue weighted by atomic mass is 16.2. The topological polar surface area (TPSA) is 35.6 Å². The smallest absolute Gasteiger partial charge is 0.234 e. The molecular formula is C18H27N3O. The highest BCUT2D eigenvalue weighted by Gasteiger charge is 2.24. The van der Waals surface area contributed by atoms with Gasteiger partial charge in [-0.2, -0.15) is 0 Å². The van der Waals surface area contributed by atoms with Crippen molar-refractivity contribution in [1.82, 2.24) is 15.1 Å². The third-order valence-electron chi connectivity index (χ3n) is 4.70. The van der Waals surface area contributed by atoms with Gasteiger partial charge in [0.25, 0.3) is 0 Å². The Morgan fingerprint density at radius 1 is 1.05 bits per heavy atom. The molecule has 0 unspecified atom stereocenters. The van der Waals surface area contributed by atoms with Crippen molar-refractivity contribution in [2.45, 2.75) is 38.3 Å². The van der Waals surface area contributed by atoms with Crippen molar-refractivity contribution < 1.29 is 4.79 Å². The summed E-state index contributed by atoms with van der Waals surface area (Å²) in [5.41, 5.74) is 1.35. The molecule has 0 spiro atoms. The van der Waals surface area contributed by atoms with Crippen molar-refractivity contribution in [3.8, 4) is 0 Å². The number of nitrogens with one attached hydrogen (secondary N) is 1. The molecule has 0 radical (unpaired) electrons. The second kappa shape index (κ2) is 7.75. The predicted octanol–water partition coefficient (Wildman–Crippen LogP) is 1.86. The maximum Gasteiger partial charge on any atom is 0.234 e. The molecule has 4 heteroatoms. The summed E-state index contributed by atoms with van der Waals surface area (Å²) in [5, 5.41) is 3.22. The normalized spacial score (nSPS) is 23.5. The Balaban J connectivity index is 1.39. The lowest BCUT2D eigenvalue weighted by Gasteiger charge is -2.26. The Morgan fingerprint density at radius 3 is 2.59 bits per heavy atom. The number of likely N-dealkylation sites (tertiary alicyclic amines) is 2. The van der Waals surface area contributed by atoms with Crippen LogP contribution in [0.4, 0.5) is 0 Å². The summed E-state index contributed by atoms with van der Waals surface area (Å²) in [5.74, 6) is 0.202. The fraction of sp³-hybridized carbons (Fsp3) is 0.611. The summed E-state index contributed by atoms with van der Waals surface area (Å²) >= 11 is 0. The largest absolute Gasteiger partial charge is 0.351 e. The first kappa shape index (κ1) is 15.5. The molecule has 1 aromatic rings. The van der Waals surface area contributed by atoms with E-state index in [9.17, 15) is 4.79 Å². The first-order chi connectivity index (χ1) is 10.8. The van der Waals surface area contributed by atoms with Crippen LogP contribution in [-0.4, -0.2) is 54.5 Å². The van der Waals surface area contributed by atoms with E-state index in [1.165, 1.54) is 24.8 Å². The lowest BCUT2D eigenvalue weighted by atomic mass is 10.1. The predicted molar refractivity (Wildman–Crippen MR) is 88.6 cm³/mol. The average molecular weight is 301 g/mol. The van der Waals surface area contributed by atoms with Gasteiger partial charge in [0, 0.05) is 25.7 Å². The van der Waals surface area contributed by atoms with Crippen LogP contribution in [-0.2, 0) is 11.3 Å². The SMILES string of the molecule is O=C(CN1CCCCC1)N[C@@H]1CCN(Cc2ccccc2)C1.